The van der Waals surface area contributed by atoms with Crippen molar-refractivity contribution in [2.24, 2.45) is 5.92 Å². The summed E-state index contributed by atoms with van der Waals surface area (Å²) >= 11 is 0. The molecule has 2 rings (SSSR count). The van der Waals surface area contributed by atoms with Crippen LogP contribution in [0.5, 0.6) is 5.75 Å². The Bertz CT molecular complexity index is 420. The molecule has 0 saturated heterocycles. The molecule has 2 atom stereocenters. The Balaban J connectivity index is 2.01. The second kappa shape index (κ2) is 6.44. The van der Waals surface area contributed by atoms with Crippen molar-refractivity contribution in [3.05, 3.63) is 23.8 Å². The molecule has 0 aliphatic heterocycles. The summed E-state index contributed by atoms with van der Waals surface area (Å²) in [6.45, 7) is 4.12. The van der Waals surface area contributed by atoms with Crippen LogP contribution in [0.15, 0.2) is 18.2 Å². The minimum absolute atomic E-state index is 0.308. The van der Waals surface area contributed by atoms with Gasteiger partial charge in [-0.1, -0.05) is 25.8 Å². The Kier molecular flexibility index (Phi) is 4.89. The van der Waals surface area contributed by atoms with E-state index in [1.165, 1.54) is 19.3 Å². The molecule has 2 unspecified atom stereocenters. The van der Waals surface area contributed by atoms with E-state index >= 15 is 0 Å². The maximum atomic E-state index is 9.20. The van der Waals surface area contributed by atoms with Crippen molar-refractivity contribution >= 4 is 12.6 Å². The highest BCUT2D eigenvalue weighted by Gasteiger charge is 2.22. The zero-order chi connectivity index (χ0) is 13.8. The topological polar surface area (TPSA) is 49.7 Å². The molecule has 1 aromatic carbocycles. The first-order valence-electron chi connectivity index (χ1n) is 7.23. The summed E-state index contributed by atoms with van der Waals surface area (Å²) in [6.07, 6.45) is 6.37. The molecule has 4 heteroatoms. The molecule has 1 aliphatic rings. The van der Waals surface area contributed by atoms with Crippen LogP contribution in [0, 0.1) is 12.8 Å². The Morgan fingerprint density at radius 2 is 2.11 bits per heavy atom. The van der Waals surface area contributed by atoms with Gasteiger partial charge in [0, 0.05) is 0 Å². The predicted molar refractivity (Wildman–Crippen MR) is 77.7 cm³/mol. The molecule has 104 valence electrons. The number of hydrogen-bond acceptors (Lipinski definition) is 3. The molecule has 1 aliphatic carbocycles. The van der Waals surface area contributed by atoms with E-state index in [0.29, 0.717) is 11.6 Å². The lowest BCUT2D eigenvalue weighted by Crippen LogP contribution is -2.32. The van der Waals surface area contributed by atoms with Gasteiger partial charge >= 0.3 is 7.12 Å². The van der Waals surface area contributed by atoms with E-state index in [4.69, 9.17) is 4.74 Å². The summed E-state index contributed by atoms with van der Waals surface area (Å²) in [5.74, 6) is 1.63. The summed E-state index contributed by atoms with van der Waals surface area (Å²) in [5.41, 5.74) is 1.40. The van der Waals surface area contributed by atoms with Gasteiger partial charge in [0.1, 0.15) is 5.75 Å². The molecule has 1 fully saturated rings. The number of hydrogen-bond donors (Lipinski definition) is 2. The van der Waals surface area contributed by atoms with Crippen LogP contribution in [0.2, 0.25) is 0 Å². The fourth-order valence-corrected chi connectivity index (χ4v) is 2.92. The van der Waals surface area contributed by atoms with Gasteiger partial charge < -0.3 is 14.8 Å². The average Bonchev–Trinajstić information content (AvgIpc) is 2.38. The molecule has 2 N–H and O–H groups in total. The van der Waals surface area contributed by atoms with Crippen LogP contribution >= 0.6 is 0 Å². The third-order valence-electron chi connectivity index (χ3n) is 4.13. The highest BCUT2D eigenvalue weighted by Crippen LogP contribution is 2.29. The maximum Gasteiger partial charge on any atom is 0.488 e. The van der Waals surface area contributed by atoms with Crippen LogP contribution < -0.4 is 10.2 Å². The number of benzene rings is 1. The Hall–Kier alpha value is -0.995. The highest BCUT2D eigenvalue weighted by molar-refractivity contribution is 6.59. The number of aryl methyl sites for hydroxylation is 1. The van der Waals surface area contributed by atoms with Crippen LogP contribution in [0.25, 0.3) is 0 Å². The lowest BCUT2D eigenvalue weighted by Gasteiger charge is -2.29. The monoisotopic (exact) mass is 262 g/mol. The Morgan fingerprint density at radius 3 is 2.74 bits per heavy atom. The van der Waals surface area contributed by atoms with E-state index in [9.17, 15) is 10.0 Å². The van der Waals surface area contributed by atoms with Crippen molar-refractivity contribution < 1.29 is 14.8 Å². The quantitative estimate of drug-likeness (QED) is 0.816. The molecule has 0 aromatic heterocycles. The van der Waals surface area contributed by atoms with Crippen molar-refractivity contribution in [3.8, 4) is 5.75 Å². The molecular formula is C15H23BO3. The van der Waals surface area contributed by atoms with E-state index in [1.54, 1.807) is 6.07 Å². The zero-order valence-electron chi connectivity index (χ0n) is 11.8. The van der Waals surface area contributed by atoms with E-state index in [2.05, 4.69) is 6.92 Å². The Labute approximate surface area is 115 Å². The molecule has 0 spiro atoms. The summed E-state index contributed by atoms with van der Waals surface area (Å²) in [7, 11) is -1.41. The first-order chi connectivity index (χ1) is 9.10. The fraction of sp³-hybridized carbons (Fsp3) is 0.600. The molecule has 3 nitrogen and oxygen atoms in total. The lowest BCUT2D eigenvalue weighted by atomic mass is 9.77. The van der Waals surface area contributed by atoms with Crippen molar-refractivity contribution in [3.63, 3.8) is 0 Å². The molecule has 0 radical (unpaired) electrons. The molecule has 1 saturated carbocycles. The van der Waals surface area contributed by atoms with Gasteiger partial charge in [-0.15, -0.1) is 0 Å². The minimum Gasteiger partial charge on any atom is -0.490 e. The number of ether oxygens (including phenoxy) is 1. The third-order valence-corrected chi connectivity index (χ3v) is 4.13. The van der Waals surface area contributed by atoms with Gasteiger partial charge in [0.15, 0.2) is 0 Å². The average molecular weight is 262 g/mol. The first kappa shape index (κ1) is 14.4. The van der Waals surface area contributed by atoms with Gasteiger partial charge in [-0.2, -0.15) is 0 Å². The molecule has 0 bridgehead atoms. The standard InChI is InChI=1S/C15H23BO3/c1-3-12-5-4-6-13(10-12)19-14-7-8-15(16(17)18)11(2)9-14/h7-9,12-13,17-18H,3-6,10H2,1-2H3. The van der Waals surface area contributed by atoms with Gasteiger partial charge in [0.05, 0.1) is 6.10 Å². The van der Waals surface area contributed by atoms with Crippen LogP contribution in [-0.4, -0.2) is 23.3 Å². The van der Waals surface area contributed by atoms with Gasteiger partial charge in [-0.05, 0) is 55.3 Å². The summed E-state index contributed by atoms with van der Waals surface area (Å²) < 4.78 is 6.04. The largest absolute Gasteiger partial charge is 0.490 e. The summed E-state index contributed by atoms with van der Waals surface area (Å²) in [5, 5.41) is 18.4. The Morgan fingerprint density at radius 1 is 1.32 bits per heavy atom. The van der Waals surface area contributed by atoms with Crippen LogP contribution in [-0.2, 0) is 0 Å². The number of rotatable bonds is 4. The maximum absolute atomic E-state index is 9.20. The molecule has 0 amide bonds. The second-order valence-corrected chi connectivity index (χ2v) is 5.57. The molecule has 0 heterocycles. The van der Waals surface area contributed by atoms with E-state index in [0.717, 1.165) is 30.1 Å². The SMILES string of the molecule is CCC1CCCC(Oc2ccc(B(O)O)c(C)c2)C1. The van der Waals surface area contributed by atoms with E-state index in [1.807, 2.05) is 19.1 Å². The summed E-state index contributed by atoms with van der Waals surface area (Å²) in [4.78, 5) is 0. The van der Waals surface area contributed by atoms with Gasteiger partial charge in [-0.3, -0.25) is 0 Å². The van der Waals surface area contributed by atoms with Crippen molar-refractivity contribution in [2.45, 2.75) is 52.1 Å². The van der Waals surface area contributed by atoms with Gasteiger partial charge in [-0.25, -0.2) is 0 Å². The second-order valence-electron chi connectivity index (χ2n) is 5.57. The van der Waals surface area contributed by atoms with Crippen LogP contribution in [0.1, 0.15) is 44.6 Å². The zero-order valence-corrected chi connectivity index (χ0v) is 11.8. The minimum atomic E-state index is -1.41. The van der Waals surface area contributed by atoms with Gasteiger partial charge in [0.25, 0.3) is 0 Å². The van der Waals surface area contributed by atoms with E-state index in [-0.39, 0.29) is 0 Å². The normalized spacial score (nSPS) is 23.2. The first-order valence-corrected chi connectivity index (χ1v) is 7.23. The van der Waals surface area contributed by atoms with Gasteiger partial charge in [0.2, 0.25) is 0 Å². The smallest absolute Gasteiger partial charge is 0.488 e. The third kappa shape index (κ3) is 3.74. The van der Waals surface area contributed by atoms with Crippen molar-refractivity contribution in [2.75, 3.05) is 0 Å². The highest BCUT2D eigenvalue weighted by atomic mass is 16.5. The predicted octanol–water partition coefficient (Wildman–Crippen LogP) is 2.02. The van der Waals surface area contributed by atoms with Crippen LogP contribution in [0.4, 0.5) is 0 Å². The van der Waals surface area contributed by atoms with Crippen molar-refractivity contribution in [1.82, 2.24) is 0 Å². The molecule has 19 heavy (non-hydrogen) atoms. The molecular weight excluding hydrogens is 239 g/mol. The van der Waals surface area contributed by atoms with Crippen molar-refractivity contribution in [1.29, 1.82) is 0 Å². The van der Waals surface area contributed by atoms with Crippen LogP contribution in [0.3, 0.4) is 0 Å². The fourth-order valence-electron chi connectivity index (χ4n) is 2.92. The lowest BCUT2D eigenvalue weighted by molar-refractivity contribution is 0.122. The van der Waals surface area contributed by atoms with E-state index < -0.39 is 7.12 Å². The molecule has 1 aromatic rings. The summed E-state index contributed by atoms with van der Waals surface area (Å²) in [6, 6.07) is 5.46.